The average molecular weight is 719 g/mol. The van der Waals surface area contributed by atoms with Gasteiger partial charge in [-0.25, -0.2) is 0 Å². The van der Waals surface area contributed by atoms with E-state index in [1.54, 1.807) is 6.07 Å². The molecule has 0 aliphatic rings. The molecule has 0 unspecified atom stereocenters. The van der Waals surface area contributed by atoms with Gasteiger partial charge in [0, 0.05) is 54.2 Å². The van der Waals surface area contributed by atoms with Gasteiger partial charge in [0.05, 0.1) is 28.4 Å². The molecule has 0 aliphatic carbocycles. The van der Waals surface area contributed by atoms with E-state index in [-0.39, 0.29) is 0 Å². The standard InChI is InChI=1S/C51H30N2O3/c52-29-32-22-25-48-42(28-32)39-13-6-11-37(50(39)55-48)36-10-5-12-38-41-27-31(21-24-47(41)54-49(36)38)19-18-30-20-23-44-40(26-30)33-8-1-3-15-43(33)53(44)45-16-7-14-35-34-9-2-4-17-46(34)56-51(35)45/h1-17,20-28H,18-19H2. The Morgan fingerprint density at radius 1 is 0.411 bits per heavy atom. The van der Waals surface area contributed by atoms with E-state index < -0.39 is 0 Å². The molecule has 0 saturated carbocycles. The maximum atomic E-state index is 9.50. The van der Waals surface area contributed by atoms with Crippen LogP contribution >= 0.6 is 0 Å². The maximum Gasteiger partial charge on any atom is 0.159 e. The first-order valence-electron chi connectivity index (χ1n) is 18.9. The van der Waals surface area contributed by atoms with Gasteiger partial charge in [0.25, 0.3) is 0 Å². The fraction of sp³-hybridized carbons (Fsp3) is 0.0392. The summed E-state index contributed by atoms with van der Waals surface area (Å²) in [6, 6.07) is 57.2. The van der Waals surface area contributed by atoms with Crippen LogP contribution in [0.4, 0.5) is 0 Å². The Balaban J connectivity index is 0.906. The minimum absolute atomic E-state index is 0.613. The Hall–Kier alpha value is -7.55. The summed E-state index contributed by atoms with van der Waals surface area (Å²) in [6.07, 6.45) is 1.80. The summed E-state index contributed by atoms with van der Waals surface area (Å²) < 4.78 is 21.8. The summed E-state index contributed by atoms with van der Waals surface area (Å²) in [6.45, 7) is 0. The molecule has 0 amide bonds. The molecule has 0 spiro atoms. The van der Waals surface area contributed by atoms with Crippen LogP contribution in [0.25, 0.3) is 104 Å². The summed E-state index contributed by atoms with van der Waals surface area (Å²) in [5, 5.41) is 18.3. The average Bonchev–Trinajstić information content (AvgIpc) is 4.01. The van der Waals surface area contributed by atoms with Crippen molar-refractivity contribution in [1.29, 1.82) is 5.26 Å². The summed E-state index contributed by atoms with van der Waals surface area (Å²) in [5.41, 5.74) is 13.5. The van der Waals surface area contributed by atoms with Crippen molar-refractivity contribution in [3.8, 4) is 22.9 Å². The van der Waals surface area contributed by atoms with Crippen molar-refractivity contribution in [2.24, 2.45) is 0 Å². The maximum absolute atomic E-state index is 9.50. The molecule has 0 atom stereocenters. The van der Waals surface area contributed by atoms with Crippen LogP contribution in [0.1, 0.15) is 16.7 Å². The van der Waals surface area contributed by atoms with Gasteiger partial charge in [-0.15, -0.1) is 0 Å². The van der Waals surface area contributed by atoms with Gasteiger partial charge in [-0.05, 0) is 84.6 Å². The molecule has 0 radical (unpaired) electrons. The van der Waals surface area contributed by atoms with Crippen molar-refractivity contribution in [3.63, 3.8) is 0 Å². The molecule has 5 heteroatoms. The lowest BCUT2D eigenvalue weighted by atomic mass is 9.98. The number of benzene rings is 8. The number of furan rings is 3. The molecular formula is C51H30N2O3. The van der Waals surface area contributed by atoms with Gasteiger partial charge >= 0.3 is 0 Å². The minimum atomic E-state index is 0.613. The molecule has 5 nitrogen and oxygen atoms in total. The highest BCUT2D eigenvalue weighted by Crippen LogP contribution is 2.42. The highest BCUT2D eigenvalue weighted by molar-refractivity contribution is 6.16. The number of fused-ring (bicyclic) bond motifs is 12. The normalized spacial score (nSPS) is 12.1. The quantitative estimate of drug-likeness (QED) is 0.178. The topological polar surface area (TPSA) is 68.1 Å². The molecule has 12 rings (SSSR count). The smallest absolute Gasteiger partial charge is 0.159 e. The molecule has 4 heterocycles. The van der Waals surface area contributed by atoms with Crippen LogP contribution in [0.5, 0.6) is 0 Å². The fourth-order valence-electron chi connectivity index (χ4n) is 8.93. The molecule has 0 aliphatic heterocycles. The number of para-hydroxylation sites is 5. The molecule has 8 aromatic carbocycles. The van der Waals surface area contributed by atoms with E-state index >= 15 is 0 Å². The van der Waals surface area contributed by atoms with E-state index in [0.717, 1.165) is 107 Å². The monoisotopic (exact) mass is 718 g/mol. The highest BCUT2D eigenvalue weighted by atomic mass is 16.3. The number of hydrogen-bond donors (Lipinski definition) is 0. The van der Waals surface area contributed by atoms with Gasteiger partial charge in [-0.2, -0.15) is 5.26 Å². The molecule has 0 saturated heterocycles. The third-order valence-electron chi connectivity index (χ3n) is 11.5. The Morgan fingerprint density at radius 2 is 0.946 bits per heavy atom. The predicted octanol–water partition coefficient (Wildman–Crippen LogP) is 13.8. The van der Waals surface area contributed by atoms with E-state index in [0.29, 0.717) is 5.56 Å². The summed E-state index contributed by atoms with van der Waals surface area (Å²) in [5.74, 6) is 0. The molecule has 12 aromatic rings. The van der Waals surface area contributed by atoms with Crippen molar-refractivity contribution in [2.45, 2.75) is 12.8 Å². The molecule has 262 valence electrons. The van der Waals surface area contributed by atoms with Crippen LogP contribution < -0.4 is 0 Å². The van der Waals surface area contributed by atoms with Crippen molar-refractivity contribution < 1.29 is 13.3 Å². The first-order chi connectivity index (χ1) is 27.7. The SMILES string of the molecule is N#Cc1ccc2oc3c(-c4cccc5c4oc4ccc(CCc6ccc7c(c6)c6ccccc6n7-c6cccc7c6oc6ccccc67)cc45)cccc3c2c1. The van der Waals surface area contributed by atoms with Crippen LogP contribution in [0.3, 0.4) is 0 Å². The number of nitriles is 1. The lowest BCUT2D eigenvalue weighted by Gasteiger charge is -2.09. The first-order valence-corrected chi connectivity index (χ1v) is 18.9. The van der Waals surface area contributed by atoms with E-state index in [4.69, 9.17) is 13.3 Å². The third kappa shape index (κ3) is 4.47. The molecule has 0 N–H and O–H groups in total. The zero-order valence-corrected chi connectivity index (χ0v) is 30.0. The zero-order chi connectivity index (χ0) is 36.9. The van der Waals surface area contributed by atoms with E-state index in [9.17, 15) is 5.26 Å². The predicted molar refractivity (Wildman–Crippen MR) is 227 cm³/mol. The molecule has 0 bridgehead atoms. The van der Waals surface area contributed by atoms with Gasteiger partial charge in [0.1, 0.15) is 27.9 Å². The Kier molecular flexibility index (Phi) is 6.46. The van der Waals surface area contributed by atoms with E-state index in [1.807, 2.05) is 30.3 Å². The van der Waals surface area contributed by atoms with Gasteiger partial charge in [-0.3, -0.25) is 0 Å². The number of nitrogens with zero attached hydrogens (tertiary/aromatic N) is 2. The van der Waals surface area contributed by atoms with E-state index in [2.05, 4.69) is 132 Å². The summed E-state index contributed by atoms with van der Waals surface area (Å²) in [7, 11) is 0. The fourth-order valence-corrected chi connectivity index (χ4v) is 8.93. The van der Waals surface area contributed by atoms with Crippen LogP contribution in [0, 0.1) is 11.3 Å². The number of rotatable bonds is 5. The second-order valence-electron chi connectivity index (χ2n) is 14.7. The molecular weight excluding hydrogens is 689 g/mol. The van der Waals surface area contributed by atoms with Gasteiger partial charge in [-0.1, -0.05) is 97.1 Å². The van der Waals surface area contributed by atoms with Gasteiger partial charge in [0.15, 0.2) is 5.58 Å². The lowest BCUT2D eigenvalue weighted by Crippen LogP contribution is -1.95. The Bertz CT molecular complexity index is 3620. The van der Waals surface area contributed by atoms with Crippen LogP contribution in [0.15, 0.2) is 171 Å². The highest BCUT2D eigenvalue weighted by Gasteiger charge is 2.20. The van der Waals surface area contributed by atoms with Crippen molar-refractivity contribution >= 4 is 87.6 Å². The van der Waals surface area contributed by atoms with Crippen LogP contribution in [-0.4, -0.2) is 4.57 Å². The number of aryl methyl sites for hydroxylation is 2. The van der Waals surface area contributed by atoms with Crippen LogP contribution in [0.2, 0.25) is 0 Å². The second-order valence-corrected chi connectivity index (χ2v) is 14.7. The molecule has 4 aromatic heterocycles. The summed E-state index contributed by atoms with van der Waals surface area (Å²) in [4.78, 5) is 0. The zero-order valence-electron chi connectivity index (χ0n) is 30.0. The number of hydrogen-bond acceptors (Lipinski definition) is 4. The molecule has 56 heavy (non-hydrogen) atoms. The first kappa shape index (κ1) is 30.9. The Morgan fingerprint density at radius 3 is 1.70 bits per heavy atom. The van der Waals surface area contributed by atoms with Gasteiger partial charge in [0.2, 0.25) is 0 Å². The largest absolute Gasteiger partial charge is 0.455 e. The second kappa shape index (κ2) is 11.7. The number of aromatic nitrogens is 1. The Labute approximate surface area is 319 Å². The third-order valence-corrected chi connectivity index (χ3v) is 11.5. The van der Waals surface area contributed by atoms with Crippen molar-refractivity contribution in [2.75, 3.05) is 0 Å². The van der Waals surface area contributed by atoms with Crippen molar-refractivity contribution in [1.82, 2.24) is 4.57 Å². The lowest BCUT2D eigenvalue weighted by molar-refractivity contribution is 0.665. The summed E-state index contributed by atoms with van der Waals surface area (Å²) >= 11 is 0. The molecule has 0 fully saturated rings. The van der Waals surface area contributed by atoms with Crippen molar-refractivity contribution in [3.05, 3.63) is 174 Å². The van der Waals surface area contributed by atoms with Gasteiger partial charge < -0.3 is 17.8 Å². The van der Waals surface area contributed by atoms with Crippen LogP contribution in [-0.2, 0) is 12.8 Å². The van der Waals surface area contributed by atoms with E-state index in [1.165, 1.54) is 21.9 Å². The minimum Gasteiger partial charge on any atom is -0.455 e.